The average Bonchev–Trinajstić information content (AvgIpc) is 3.02. The van der Waals surface area contributed by atoms with Crippen molar-refractivity contribution in [3.8, 4) is 11.5 Å². The van der Waals surface area contributed by atoms with E-state index >= 15 is 0 Å². The largest absolute Gasteiger partial charge is 0.504 e. The van der Waals surface area contributed by atoms with Gasteiger partial charge in [-0.3, -0.25) is 0 Å². The van der Waals surface area contributed by atoms with Gasteiger partial charge in [0.05, 0.1) is 12.8 Å². The highest BCUT2D eigenvalue weighted by Gasteiger charge is 2.06. The van der Waals surface area contributed by atoms with Gasteiger partial charge in [-0.2, -0.15) is 0 Å². The minimum Gasteiger partial charge on any atom is -0.504 e. The van der Waals surface area contributed by atoms with Crippen molar-refractivity contribution >= 4 is 16.7 Å². The molecule has 2 aromatic carbocycles. The van der Waals surface area contributed by atoms with E-state index in [0.717, 1.165) is 11.1 Å². The normalized spacial score (nSPS) is 11.7. The Morgan fingerprint density at radius 2 is 2.00 bits per heavy atom. The van der Waals surface area contributed by atoms with Gasteiger partial charge in [-0.25, -0.2) is 4.63 Å². The fourth-order valence-electron chi connectivity index (χ4n) is 2.09. The van der Waals surface area contributed by atoms with Gasteiger partial charge in [-0.15, -0.1) is 0 Å². The Labute approximate surface area is 132 Å². The predicted octanol–water partition coefficient (Wildman–Crippen LogP) is 2.88. The van der Waals surface area contributed by atoms with E-state index in [0.29, 0.717) is 29.1 Å². The molecule has 0 aliphatic heterocycles. The molecule has 0 bridgehead atoms. The molecule has 0 spiro atoms. The molecule has 1 aromatic heterocycles. The average molecular weight is 313 g/mol. The summed E-state index contributed by atoms with van der Waals surface area (Å²) in [6.45, 7) is 2.09. The summed E-state index contributed by atoms with van der Waals surface area (Å²) in [7, 11) is 1.50. The number of benzene rings is 2. The molecule has 0 aliphatic carbocycles. The van der Waals surface area contributed by atoms with Gasteiger partial charge in [0.2, 0.25) is 0 Å². The molecule has 0 radical (unpaired) electrons. The van der Waals surface area contributed by atoms with Crippen LogP contribution < -0.4 is 4.74 Å². The molecule has 0 fully saturated rings. The number of ether oxygens (including phenoxy) is 1. The maximum Gasteiger partial charge on any atom is 0.160 e. The van der Waals surface area contributed by atoms with Gasteiger partial charge in [0, 0.05) is 5.56 Å². The number of hydrogen-bond acceptors (Lipinski definition) is 7. The minimum absolute atomic E-state index is 0.0588. The molecule has 0 saturated heterocycles. The van der Waals surface area contributed by atoms with E-state index in [9.17, 15) is 5.11 Å². The van der Waals surface area contributed by atoms with E-state index < -0.39 is 0 Å². The van der Waals surface area contributed by atoms with Crippen LogP contribution in [0, 0.1) is 0 Å². The smallest absolute Gasteiger partial charge is 0.160 e. The van der Waals surface area contributed by atoms with E-state index in [1.807, 2.05) is 18.2 Å². The summed E-state index contributed by atoms with van der Waals surface area (Å²) in [4.78, 5) is 5.35. The number of fused-ring (bicyclic) bond motifs is 1. The number of nitrogens with zero attached hydrogens (tertiary/aromatic N) is 3. The summed E-state index contributed by atoms with van der Waals surface area (Å²) < 4.78 is 9.66. The van der Waals surface area contributed by atoms with Crippen molar-refractivity contribution < 1.29 is 19.3 Å². The number of phenols is 1. The molecular formula is C16H15N3O4. The first kappa shape index (κ1) is 14.8. The molecule has 3 rings (SSSR count). The van der Waals surface area contributed by atoms with Crippen LogP contribution in [-0.4, -0.2) is 28.2 Å². The Bertz CT molecular complexity index is 857. The fourth-order valence-corrected chi connectivity index (χ4v) is 2.09. The van der Waals surface area contributed by atoms with Crippen molar-refractivity contribution in [1.82, 2.24) is 10.3 Å². The van der Waals surface area contributed by atoms with Crippen LogP contribution in [0.1, 0.15) is 18.1 Å². The second-order valence-electron chi connectivity index (χ2n) is 4.92. The number of oxime groups is 1. The topological polar surface area (TPSA) is 90.0 Å². The quantitative estimate of drug-likeness (QED) is 0.575. The number of aromatic nitrogens is 2. The standard InChI is InChI=1S/C16H15N3O4/c1-10(12-4-6-16(21-2)15(20)8-12)17-22-9-11-3-5-13-14(7-11)19-23-18-13/h3-8,20H,9H2,1-2H3. The molecule has 0 atom stereocenters. The first-order valence-corrected chi connectivity index (χ1v) is 6.92. The lowest BCUT2D eigenvalue weighted by molar-refractivity contribution is 0.130. The molecule has 0 saturated carbocycles. The van der Waals surface area contributed by atoms with Crippen molar-refractivity contribution in [1.29, 1.82) is 0 Å². The Hall–Kier alpha value is -3.09. The van der Waals surface area contributed by atoms with Gasteiger partial charge in [-0.1, -0.05) is 11.2 Å². The summed E-state index contributed by atoms with van der Waals surface area (Å²) in [5.74, 6) is 0.473. The van der Waals surface area contributed by atoms with Crippen LogP contribution >= 0.6 is 0 Å². The van der Waals surface area contributed by atoms with Gasteiger partial charge in [0.1, 0.15) is 17.6 Å². The van der Waals surface area contributed by atoms with Crippen LogP contribution in [-0.2, 0) is 11.4 Å². The van der Waals surface area contributed by atoms with Crippen molar-refractivity contribution in [3.05, 3.63) is 47.5 Å². The fraction of sp³-hybridized carbons (Fsp3) is 0.188. The van der Waals surface area contributed by atoms with E-state index in [1.54, 1.807) is 25.1 Å². The predicted molar refractivity (Wildman–Crippen MR) is 83.5 cm³/mol. The minimum atomic E-state index is 0.0588. The molecule has 1 heterocycles. The third-order valence-corrected chi connectivity index (χ3v) is 3.35. The van der Waals surface area contributed by atoms with Crippen molar-refractivity contribution in [2.24, 2.45) is 5.16 Å². The summed E-state index contributed by atoms with van der Waals surface area (Å²) in [6.07, 6.45) is 0. The van der Waals surface area contributed by atoms with Crippen LogP contribution in [0.5, 0.6) is 11.5 Å². The van der Waals surface area contributed by atoms with E-state index in [-0.39, 0.29) is 5.75 Å². The second kappa shape index (κ2) is 6.35. The van der Waals surface area contributed by atoms with Crippen LogP contribution in [0.15, 0.2) is 46.2 Å². The zero-order chi connectivity index (χ0) is 16.2. The molecule has 1 N–H and O–H groups in total. The number of methoxy groups -OCH3 is 1. The van der Waals surface area contributed by atoms with Crippen LogP contribution in [0.3, 0.4) is 0 Å². The highest BCUT2D eigenvalue weighted by molar-refractivity contribution is 5.98. The van der Waals surface area contributed by atoms with Crippen LogP contribution in [0.25, 0.3) is 11.0 Å². The van der Waals surface area contributed by atoms with Gasteiger partial charge in [0.25, 0.3) is 0 Å². The summed E-state index contributed by atoms with van der Waals surface area (Å²) in [5.41, 5.74) is 3.67. The van der Waals surface area contributed by atoms with Gasteiger partial charge in [0.15, 0.2) is 11.5 Å². The number of rotatable bonds is 5. The Balaban J connectivity index is 1.68. The van der Waals surface area contributed by atoms with Gasteiger partial charge >= 0.3 is 0 Å². The number of phenolic OH excluding ortho intramolecular Hbond substituents is 1. The van der Waals surface area contributed by atoms with Crippen molar-refractivity contribution in [2.75, 3.05) is 7.11 Å². The van der Waals surface area contributed by atoms with Gasteiger partial charge in [-0.05, 0) is 53.1 Å². The van der Waals surface area contributed by atoms with E-state index in [4.69, 9.17) is 9.57 Å². The lowest BCUT2D eigenvalue weighted by atomic mass is 10.1. The lowest BCUT2D eigenvalue weighted by Gasteiger charge is -2.06. The zero-order valence-electron chi connectivity index (χ0n) is 12.7. The molecule has 0 aliphatic rings. The molecule has 3 aromatic rings. The number of hydrogen-bond donors (Lipinski definition) is 1. The molecule has 23 heavy (non-hydrogen) atoms. The maximum atomic E-state index is 9.78. The molecule has 118 valence electrons. The highest BCUT2D eigenvalue weighted by atomic mass is 16.6. The van der Waals surface area contributed by atoms with E-state index in [1.165, 1.54) is 7.11 Å². The SMILES string of the molecule is COc1ccc(C(C)=NOCc2ccc3nonc3c2)cc1O. The van der Waals surface area contributed by atoms with Crippen molar-refractivity contribution in [3.63, 3.8) is 0 Å². The summed E-state index contributed by atoms with van der Waals surface area (Å²) >= 11 is 0. The highest BCUT2D eigenvalue weighted by Crippen LogP contribution is 2.26. The van der Waals surface area contributed by atoms with E-state index in [2.05, 4.69) is 20.1 Å². The summed E-state index contributed by atoms with van der Waals surface area (Å²) in [5, 5.41) is 21.4. The molecule has 7 heteroatoms. The second-order valence-corrected chi connectivity index (χ2v) is 4.92. The Kier molecular flexibility index (Phi) is 4.09. The molecule has 0 amide bonds. The van der Waals surface area contributed by atoms with Crippen LogP contribution in [0.2, 0.25) is 0 Å². The maximum absolute atomic E-state index is 9.78. The zero-order valence-corrected chi connectivity index (χ0v) is 12.7. The first-order valence-electron chi connectivity index (χ1n) is 6.92. The first-order chi connectivity index (χ1) is 11.2. The van der Waals surface area contributed by atoms with Crippen LogP contribution in [0.4, 0.5) is 0 Å². The third kappa shape index (κ3) is 3.23. The Morgan fingerprint density at radius 1 is 1.17 bits per heavy atom. The monoisotopic (exact) mass is 313 g/mol. The molecule has 0 unspecified atom stereocenters. The summed E-state index contributed by atoms with van der Waals surface area (Å²) in [6, 6.07) is 10.6. The molecule has 7 nitrogen and oxygen atoms in total. The van der Waals surface area contributed by atoms with Gasteiger partial charge < -0.3 is 14.7 Å². The molecular weight excluding hydrogens is 298 g/mol. The van der Waals surface area contributed by atoms with Crippen molar-refractivity contribution in [2.45, 2.75) is 13.5 Å². The lowest BCUT2D eigenvalue weighted by Crippen LogP contribution is -1.97. The Morgan fingerprint density at radius 3 is 2.78 bits per heavy atom. The number of aromatic hydroxyl groups is 1. The third-order valence-electron chi connectivity index (χ3n) is 3.35.